The van der Waals surface area contributed by atoms with Crippen LogP contribution in [0.1, 0.15) is 59.4 Å². The Morgan fingerprint density at radius 3 is 2.50 bits per heavy atom. The highest BCUT2D eigenvalue weighted by molar-refractivity contribution is 7.13. The van der Waals surface area contributed by atoms with Gasteiger partial charge in [0.25, 0.3) is 0 Å². The Hall–Kier alpha value is -0.940. The fourth-order valence-electron chi connectivity index (χ4n) is 1.86. The summed E-state index contributed by atoms with van der Waals surface area (Å²) in [6, 6.07) is 0. The van der Waals surface area contributed by atoms with Crippen molar-refractivity contribution in [1.82, 2.24) is 4.98 Å². The van der Waals surface area contributed by atoms with Crippen LogP contribution in [0.2, 0.25) is 0 Å². The summed E-state index contributed by atoms with van der Waals surface area (Å²) < 4.78 is 0. The lowest BCUT2D eigenvalue weighted by atomic mass is 9.78. The molecule has 0 radical (unpaired) electrons. The van der Waals surface area contributed by atoms with E-state index in [2.05, 4.69) is 4.98 Å². The minimum Gasteiger partial charge on any atom is -0.477 e. The molecule has 0 amide bonds. The number of carboxylic acid groups (broad SMARTS) is 1. The molecule has 1 aliphatic carbocycles. The SMILES string of the molecule is CC(C)c1nc(C2(N)CCC2)sc1C(=O)O. The maximum atomic E-state index is 11.1. The van der Waals surface area contributed by atoms with Crippen LogP contribution in [-0.4, -0.2) is 16.1 Å². The number of hydrogen-bond acceptors (Lipinski definition) is 4. The molecular weight excluding hydrogens is 224 g/mol. The lowest BCUT2D eigenvalue weighted by molar-refractivity contribution is 0.0700. The highest BCUT2D eigenvalue weighted by Gasteiger charge is 2.38. The fraction of sp³-hybridized carbons (Fsp3) is 0.636. The van der Waals surface area contributed by atoms with E-state index in [9.17, 15) is 4.79 Å². The van der Waals surface area contributed by atoms with E-state index in [4.69, 9.17) is 10.8 Å². The summed E-state index contributed by atoms with van der Waals surface area (Å²) in [5, 5.41) is 9.91. The summed E-state index contributed by atoms with van der Waals surface area (Å²) in [5.74, 6) is -0.768. The summed E-state index contributed by atoms with van der Waals surface area (Å²) >= 11 is 1.24. The lowest BCUT2D eigenvalue weighted by Gasteiger charge is -2.35. The van der Waals surface area contributed by atoms with Gasteiger partial charge in [-0.25, -0.2) is 9.78 Å². The maximum Gasteiger partial charge on any atom is 0.347 e. The molecule has 2 rings (SSSR count). The largest absolute Gasteiger partial charge is 0.477 e. The monoisotopic (exact) mass is 240 g/mol. The van der Waals surface area contributed by atoms with E-state index in [1.54, 1.807) is 0 Å². The van der Waals surface area contributed by atoms with Crippen LogP contribution < -0.4 is 5.73 Å². The van der Waals surface area contributed by atoms with Gasteiger partial charge in [-0.15, -0.1) is 11.3 Å². The first-order valence-electron chi connectivity index (χ1n) is 5.47. The Labute approximate surface area is 98.5 Å². The van der Waals surface area contributed by atoms with E-state index in [-0.39, 0.29) is 11.5 Å². The van der Waals surface area contributed by atoms with Crippen molar-refractivity contribution in [2.24, 2.45) is 5.73 Å². The Balaban J connectivity index is 2.42. The molecule has 88 valence electrons. The topological polar surface area (TPSA) is 76.2 Å². The smallest absolute Gasteiger partial charge is 0.347 e. The van der Waals surface area contributed by atoms with Gasteiger partial charge in [0, 0.05) is 0 Å². The Morgan fingerprint density at radius 2 is 2.19 bits per heavy atom. The van der Waals surface area contributed by atoms with Crippen molar-refractivity contribution in [1.29, 1.82) is 0 Å². The molecule has 5 heteroatoms. The predicted octanol–water partition coefficient (Wildman–Crippen LogP) is 2.30. The minimum absolute atomic E-state index is 0.125. The zero-order chi connectivity index (χ0) is 11.9. The Bertz CT molecular complexity index is 422. The zero-order valence-electron chi connectivity index (χ0n) is 9.49. The average Bonchev–Trinajstić information content (AvgIpc) is 2.58. The molecule has 1 aromatic rings. The molecule has 1 saturated carbocycles. The van der Waals surface area contributed by atoms with E-state index < -0.39 is 5.97 Å². The molecule has 0 saturated heterocycles. The molecule has 1 heterocycles. The van der Waals surface area contributed by atoms with Crippen molar-refractivity contribution < 1.29 is 9.90 Å². The Morgan fingerprint density at radius 1 is 1.56 bits per heavy atom. The molecule has 0 unspecified atom stereocenters. The van der Waals surface area contributed by atoms with Crippen molar-refractivity contribution in [2.45, 2.75) is 44.6 Å². The van der Waals surface area contributed by atoms with Crippen molar-refractivity contribution >= 4 is 17.3 Å². The Kier molecular flexibility index (Phi) is 2.75. The van der Waals surface area contributed by atoms with Gasteiger partial charge in [0.1, 0.15) is 9.88 Å². The standard InChI is InChI=1S/C11H16N2O2S/c1-6(2)7-8(9(14)15)16-10(13-7)11(12)4-3-5-11/h6H,3-5,12H2,1-2H3,(H,14,15). The van der Waals surface area contributed by atoms with Crippen LogP contribution in [0.15, 0.2) is 0 Å². The van der Waals surface area contributed by atoms with Crippen LogP contribution in [0.4, 0.5) is 0 Å². The second-order valence-electron chi connectivity index (χ2n) is 4.70. The third kappa shape index (κ3) is 1.74. The van der Waals surface area contributed by atoms with Crippen molar-refractivity contribution in [2.75, 3.05) is 0 Å². The second-order valence-corrected chi connectivity index (χ2v) is 5.70. The van der Waals surface area contributed by atoms with Crippen LogP contribution in [0.5, 0.6) is 0 Å². The highest BCUT2D eigenvalue weighted by atomic mass is 32.1. The summed E-state index contributed by atoms with van der Waals surface area (Å²) in [4.78, 5) is 15.9. The molecule has 0 aromatic carbocycles. The fourth-order valence-corrected chi connectivity index (χ4v) is 3.08. The van der Waals surface area contributed by atoms with Gasteiger partial charge in [-0.2, -0.15) is 0 Å². The molecule has 0 aliphatic heterocycles. The molecule has 3 N–H and O–H groups in total. The number of carboxylic acids is 1. The van der Waals surface area contributed by atoms with Gasteiger partial charge in [-0.1, -0.05) is 13.8 Å². The number of aromatic nitrogens is 1. The van der Waals surface area contributed by atoms with E-state index >= 15 is 0 Å². The van der Waals surface area contributed by atoms with Crippen LogP contribution in [0.25, 0.3) is 0 Å². The van der Waals surface area contributed by atoms with Crippen molar-refractivity contribution in [3.8, 4) is 0 Å². The molecule has 0 bridgehead atoms. The number of hydrogen-bond donors (Lipinski definition) is 2. The van der Waals surface area contributed by atoms with Crippen molar-refractivity contribution in [3.05, 3.63) is 15.6 Å². The molecule has 1 aromatic heterocycles. The normalized spacial score (nSPS) is 18.5. The molecule has 1 fully saturated rings. The molecule has 4 nitrogen and oxygen atoms in total. The minimum atomic E-state index is -0.893. The second kappa shape index (κ2) is 3.82. The van der Waals surface area contributed by atoms with Crippen LogP contribution >= 0.6 is 11.3 Å². The number of aromatic carboxylic acids is 1. The third-order valence-corrected chi connectivity index (χ3v) is 4.35. The van der Waals surface area contributed by atoms with Gasteiger partial charge >= 0.3 is 5.97 Å². The lowest BCUT2D eigenvalue weighted by Crippen LogP contribution is -2.43. The third-order valence-electron chi connectivity index (χ3n) is 3.07. The number of carbonyl (C=O) groups is 1. The van der Waals surface area contributed by atoms with E-state index in [1.165, 1.54) is 11.3 Å². The summed E-state index contributed by atoms with van der Waals surface area (Å²) in [6.07, 6.45) is 2.93. The van der Waals surface area contributed by atoms with Crippen LogP contribution in [-0.2, 0) is 5.54 Å². The average molecular weight is 240 g/mol. The number of nitrogens with two attached hydrogens (primary N) is 1. The summed E-state index contributed by atoms with van der Waals surface area (Å²) in [6.45, 7) is 3.91. The first-order chi connectivity index (χ1) is 7.44. The molecule has 0 atom stereocenters. The zero-order valence-corrected chi connectivity index (χ0v) is 10.3. The maximum absolute atomic E-state index is 11.1. The van der Waals surface area contributed by atoms with Gasteiger partial charge in [0.15, 0.2) is 0 Å². The molecule has 1 aliphatic rings. The first kappa shape index (κ1) is 11.5. The quantitative estimate of drug-likeness (QED) is 0.850. The molecular formula is C11H16N2O2S. The van der Waals surface area contributed by atoms with Crippen LogP contribution in [0.3, 0.4) is 0 Å². The number of thiazole rings is 1. The van der Waals surface area contributed by atoms with Crippen LogP contribution in [0, 0.1) is 0 Å². The van der Waals surface area contributed by atoms with E-state index in [1.807, 2.05) is 13.8 Å². The first-order valence-corrected chi connectivity index (χ1v) is 6.29. The van der Waals surface area contributed by atoms with Gasteiger partial charge in [-0.05, 0) is 25.2 Å². The summed E-state index contributed by atoms with van der Waals surface area (Å²) in [5.41, 5.74) is 6.47. The van der Waals surface area contributed by atoms with Gasteiger partial charge in [-0.3, -0.25) is 0 Å². The molecule has 0 spiro atoms. The van der Waals surface area contributed by atoms with E-state index in [0.29, 0.717) is 10.6 Å². The predicted molar refractivity (Wildman–Crippen MR) is 62.9 cm³/mol. The molecule has 16 heavy (non-hydrogen) atoms. The summed E-state index contributed by atoms with van der Waals surface area (Å²) in [7, 11) is 0. The van der Waals surface area contributed by atoms with E-state index in [0.717, 1.165) is 24.3 Å². The van der Waals surface area contributed by atoms with Gasteiger partial charge < -0.3 is 10.8 Å². The van der Waals surface area contributed by atoms with Gasteiger partial charge in [0.2, 0.25) is 0 Å². The number of rotatable bonds is 3. The van der Waals surface area contributed by atoms with Crippen molar-refractivity contribution in [3.63, 3.8) is 0 Å². The highest BCUT2D eigenvalue weighted by Crippen LogP contribution is 2.42. The number of nitrogens with zero attached hydrogens (tertiary/aromatic N) is 1. The van der Waals surface area contributed by atoms with Gasteiger partial charge in [0.05, 0.1) is 11.2 Å².